The SMILES string of the molecule is O=P(O)(O)O.c1cc2cc[nH]c2cn1. The number of hydrogen-bond acceptors (Lipinski definition) is 2. The molecule has 14 heavy (non-hydrogen) atoms. The Hall–Kier alpha value is -1.20. The van der Waals surface area contributed by atoms with Gasteiger partial charge in [-0.2, -0.15) is 0 Å². The molecule has 0 radical (unpaired) electrons. The van der Waals surface area contributed by atoms with Crippen molar-refractivity contribution in [3.8, 4) is 0 Å². The molecule has 0 bridgehead atoms. The third kappa shape index (κ3) is 4.15. The number of hydrogen-bond donors (Lipinski definition) is 4. The standard InChI is InChI=1S/C7H6N2.H3O4P/c1-3-8-5-7-6(1)2-4-9-7;1-5(2,3)4/h1-5,9H;(H3,1,2,3,4). The van der Waals surface area contributed by atoms with Crippen molar-refractivity contribution in [2.24, 2.45) is 0 Å². The Morgan fingerprint density at radius 1 is 1.29 bits per heavy atom. The minimum Gasteiger partial charge on any atom is -0.360 e. The molecule has 0 unspecified atom stereocenters. The topological polar surface area (TPSA) is 106 Å². The summed E-state index contributed by atoms with van der Waals surface area (Å²) >= 11 is 0. The van der Waals surface area contributed by atoms with Gasteiger partial charge in [0.2, 0.25) is 0 Å². The van der Waals surface area contributed by atoms with Gasteiger partial charge in [-0.15, -0.1) is 0 Å². The van der Waals surface area contributed by atoms with Crippen molar-refractivity contribution >= 4 is 18.7 Å². The number of nitrogens with one attached hydrogen (secondary N) is 1. The molecule has 2 rings (SSSR count). The second-order valence-electron chi connectivity index (χ2n) is 2.45. The van der Waals surface area contributed by atoms with E-state index in [0.29, 0.717) is 0 Å². The molecule has 0 fully saturated rings. The van der Waals surface area contributed by atoms with E-state index in [2.05, 4.69) is 9.97 Å². The number of fused-ring (bicyclic) bond motifs is 1. The van der Waals surface area contributed by atoms with Crippen LogP contribution in [0.1, 0.15) is 0 Å². The van der Waals surface area contributed by atoms with Gasteiger partial charge in [-0.05, 0) is 12.1 Å². The minimum atomic E-state index is -4.64. The summed E-state index contributed by atoms with van der Waals surface area (Å²) in [5.41, 5.74) is 1.09. The molecule has 0 saturated heterocycles. The molecule has 2 aromatic rings. The number of H-pyrrole nitrogens is 1. The minimum absolute atomic E-state index is 1.09. The molecule has 2 aromatic heterocycles. The van der Waals surface area contributed by atoms with Gasteiger partial charge in [-0.1, -0.05) is 0 Å². The first-order valence-electron chi connectivity index (χ1n) is 3.62. The molecule has 0 aromatic carbocycles. The van der Waals surface area contributed by atoms with Gasteiger partial charge < -0.3 is 19.7 Å². The van der Waals surface area contributed by atoms with Crippen LogP contribution in [0.4, 0.5) is 0 Å². The molecule has 0 saturated carbocycles. The fraction of sp³-hybridized carbons (Fsp3) is 0. The largest absolute Gasteiger partial charge is 0.466 e. The van der Waals surface area contributed by atoms with Gasteiger partial charge >= 0.3 is 7.82 Å². The van der Waals surface area contributed by atoms with Crippen molar-refractivity contribution < 1.29 is 19.2 Å². The van der Waals surface area contributed by atoms with Crippen molar-refractivity contribution in [3.63, 3.8) is 0 Å². The number of rotatable bonds is 0. The molecular weight excluding hydrogens is 207 g/mol. The number of nitrogens with zero attached hydrogens (tertiary/aromatic N) is 1. The summed E-state index contributed by atoms with van der Waals surface area (Å²) in [5, 5.41) is 1.21. The van der Waals surface area contributed by atoms with Crippen molar-refractivity contribution in [1.29, 1.82) is 0 Å². The van der Waals surface area contributed by atoms with E-state index in [4.69, 9.17) is 19.2 Å². The highest BCUT2D eigenvalue weighted by molar-refractivity contribution is 7.45. The van der Waals surface area contributed by atoms with Gasteiger partial charge in [0.25, 0.3) is 0 Å². The van der Waals surface area contributed by atoms with E-state index in [0.717, 1.165) is 5.52 Å². The van der Waals surface area contributed by atoms with Crippen molar-refractivity contribution in [2.75, 3.05) is 0 Å². The number of pyridine rings is 1. The average molecular weight is 216 g/mol. The molecule has 0 spiro atoms. The summed E-state index contributed by atoms with van der Waals surface area (Å²) in [6.07, 6.45) is 5.51. The van der Waals surface area contributed by atoms with Crippen LogP contribution in [-0.2, 0) is 4.57 Å². The molecule has 0 atom stereocenters. The lowest BCUT2D eigenvalue weighted by Gasteiger charge is -1.82. The second kappa shape index (κ2) is 4.34. The molecule has 6 nitrogen and oxygen atoms in total. The zero-order chi connectivity index (χ0) is 10.6. The zero-order valence-corrected chi connectivity index (χ0v) is 7.93. The lowest BCUT2D eigenvalue weighted by atomic mass is 10.3. The molecule has 2 heterocycles. The smallest absolute Gasteiger partial charge is 0.360 e. The maximum Gasteiger partial charge on any atom is 0.466 e. The van der Waals surface area contributed by atoms with Crippen LogP contribution in [-0.4, -0.2) is 24.6 Å². The van der Waals surface area contributed by atoms with E-state index in [1.807, 2.05) is 24.5 Å². The Morgan fingerprint density at radius 2 is 1.93 bits per heavy atom. The second-order valence-corrected chi connectivity index (χ2v) is 3.48. The first-order chi connectivity index (χ1) is 6.47. The number of aromatic amines is 1. The molecule has 0 amide bonds. The highest BCUT2D eigenvalue weighted by Crippen LogP contribution is 2.25. The maximum atomic E-state index is 8.88. The summed E-state index contributed by atoms with van der Waals surface area (Å²) < 4.78 is 8.88. The Balaban J connectivity index is 0.000000171. The monoisotopic (exact) mass is 216 g/mol. The van der Waals surface area contributed by atoms with Gasteiger partial charge in [0.05, 0.1) is 11.7 Å². The van der Waals surface area contributed by atoms with Gasteiger partial charge in [0, 0.05) is 17.8 Å². The first-order valence-corrected chi connectivity index (χ1v) is 5.19. The summed E-state index contributed by atoms with van der Waals surface area (Å²) in [5.74, 6) is 0. The lowest BCUT2D eigenvalue weighted by molar-refractivity contribution is 0.275. The lowest BCUT2D eigenvalue weighted by Crippen LogP contribution is -1.68. The van der Waals surface area contributed by atoms with Crippen LogP contribution >= 0.6 is 7.82 Å². The van der Waals surface area contributed by atoms with Crippen LogP contribution < -0.4 is 0 Å². The molecule has 4 N–H and O–H groups in total. The Kier molecular flexibility index (Phi) is 3.38. The van der Waals surface area contributed by atoms with Crippen LogP contribution in [0.5, 0.6) is 0 Å². The van der Waals surface area contributed by atoms with E-state index >= 15 is 0 Å². The van der Waals surface area contributed by atoms with Crippen molar-refractivity contribution in [3.05, 3.63) is 30.7 Å². The fourth-order valence-corrected chi connectivity index (χ4v) is 0.892. The predicted molar refractivity (Wildman–Crippen MR) is 50.4 cm³/mol. The van der Waals surface area contributed by atoms with E-state index in [1.54, 1.807) is 6.20 Å². The molecule has 0 aliphatic carbocycles. The fourth-order valence-electron chi connectivity index (χ4n) is 0.892. The van der Waals surface area contributed by atoms with Crippen LogP contribution in [0.15, 0.2) is 30.7 Å². The summed E-state index contributed by atoms with van der Waals surface area (Å²) in [4.78, 5) is 28.6. The van der Waals surface area contributed by atoms with Gasteiger partial charge in [-0.25, -0.2) is 4.57 Å². The van der Waals surface area contributed by atoms with Crippen LogP contribution in [0.25, 0.3) is 10.9 Å². The summed E-state index contributed by atoms with van der Waals surface area (Å²) in [7, 11) is -4.64. The van der Waals surface area contributed by atoms with Gasteiger partial charge in [0.1, 0.15) is 0 Å². The Labute approximate surface area is 79.5 Å². The van der Waals surface area contributed by atoms with Gasteiger partial charge in [0.15, 0.2) is 0 Å². The highest BCUT2D eigenvalue weighted by Gasteiger charge is 2.00. The Bertz CT molecular complexity index is 411. The normalized spacial score (nSPS) is 10.8. The maximum absolute atomic E-state index is 8.88. The van der Waals surface area contributed by atoms with Crippen LogP contribution in [0.2, 0.25) is 0 Å². The van der Waals surface area contributed by atoms with E-state index in [1.165, 1.54) is 5.39 Å². The predicted octanol–water partition coefficient (Wildman–Crippen LogP) is 0.634. The van der Waals surface area contributed by atoms with Crippen LogP contribution in [0, 0.1) is 0 Å². The molecule has 76 valence electrons. The van der Waals surface area contributed by atoms with E-state index < -0.39 is 7.82 Å². The van der Waals surface area contributed by atoms with E-state index in [-0.39, 0.29) is 0 Å². The number of aromatic nitrogens is 2. The zero-order valence-electron chi connectivity index (χ0n) is 7.03. The number of phosphoric acid groups is 1. The quantitative estimate of drug-likeness (QED) is 0.483. The van der Waals surface area contributed by atoms with E-state index in [9.17, 15) is 0 Å². The third-order valence-electron chi connectivity index (χ3n) is 1.36. The molecule has 0 aliphatic rings. The molecular formula is C7H9N2O4P. The average Bonchev–Trinajstić information content (AvgIpc) is 2.47. The highest BCUT2D eigenvalue weighted by atomic mass is 31.2. The summed E-state index contributed by atoms with van der Waals surface area (Å²) in [6.45, 7) is 0. The van der Waals surface area contributed by atoms with Gasteiger partial charge in [-0.3, -0.25) is 4.98 Å². The Morgan fingerprint density at radius 3 is 2.50 bits per heavy atom. The van der Waals surface area contributed by atoms with Crippen molar-refractivity contribution in [1.82, 2.24) is 9.97 Å². The molecule has 7 heteroatoms. The van der Waals surface area contributed by atoms with Crippen LogP contribution in [0.3, 0.4) is 0 Å². The first kappa shape index (κ1) is 10.9. The summed E-state index contributed by atoms with van der Waals surface area (Å²) in [6, 6.07) is 4.00. The molecule has 0 aliphatic heterocycles. The van der Waals surface area contributed by atoms with Crippen molar-refractivity contribution in [2.45, 2.75) is 0 Å². The third-order valence-corrected chi connectivity index (χ3v) is 1.36.